The molecule has 84 valence electrons. The number of para-hydroxylation sites is 1. The molecule has 0 radical (unpaired) electrons. The Kier molecular flexibility index (Phi) is 2.42. The Hall–Kier alpha value is -1.84. The summed E-state index contributed by atoms with van der Waals surface area (Å²) in [4.78, 5) is 23.6. The molecule has 4 nitrogen and oxygen atoms in total. The molecule has 0 bridgehead atoms. The van der Waals surface area contributed by atoms with Gasteiger partial charge in [0, 0.05) is 6.42 Å². The highest BCUT2D eigenvalue weighted by Crippen LogP contribution is 2.35. The Morgan fingerprint density at radius 3 is 2.69 bits per heavy atom. The van der Waals surface area contributed by atoms with Crippen LogP contribution in [0.1, 0.15) is 23.7 Å². The van der Waals surface area contributed by atoms with Gasteiger partial charge in [-0.2, -0.15) is 0 Å². The van der Waals surface area contributed by atoms with E-state index in [4.69, 9.17) is 4.74 Å². The lowest BCUT2D eigenvalue weighted by Crippen LogP contribution is -2.32. The number of phenols is 1. The Morgan fingerprint density at radius 1 is 1.44 bits per heavy atom. The van der Waals surface area contributed by atoms with Gasteiger partial charge >= 0.3 is 5.97 Å². The van der Waals surface area contributed by atoms with E-state index in [-0.39, 0.29) is 23.7 Å². The number of carbonyl (C=O) groups is 2. The molecule has 1 unspecified atom stereocenters. The van der Waals surface area contributed by atoms with Gasteiger partial charge < -0.3 is 9.84 Å². The van der Waals surface area contributed by atoms with Crippen molar-refractivity contribution < 1.29 is 19.4 Å². The number of Topliss-reactive ketones (excluding diaryl/α,β-unsaturated/α-hetero) is 1. The van der Waals surface area contributed by atoms with Gasteiger partial charge in [0.25, 0.3) is 0 Å². The molecule has 1 aliphatic heterocycles. The molecule has 0 spiro atoms. The molecule has 1 N–H and O–H groups in total. The molecule has 16 heavy (non-hydrogen) atoms. The number of phenolic OH excluding ortho intramolecular Hbond substituents is 1. The highest BCUT2D eigenvalue weighted by Gasteiger charge is 2.47. The van der Waals surface area contributed by atoms with Crippen molar-refractivity contribution >= 4 is 11.8 Å². The number of ether oxygens (including phenoxy) is 1. The minimum atomic E-state index is -1.15. The number of aromatic hydroxyl groups is 1. The number of rotatable bonds is 2. The second-order valence-corrected chi connectivity index (χ2v) is 4.06. The Labute approximate surface area is 92.8 Å². The predicted molar refractivity (Wildman–Crippen MR) is 56.1 cm³/mol. The lowest BCUT2D eigenvalue weighted by Gasteiger charge is -2.17. The van der Waals surface area contributed by atoms with E-state index >= 15 is 0 Å². The number of carbonyl (C=O) groups excluding carboxylic acids is 2. The summed E-state index contributed by atoms with van der Waals surface area (Å²) in [5.74, 6) is -0.998. The maximum absolute atomic E-state index is 12.1. The van der Waals surface area contributed by atoms with E-state index in [9.17, 15) is 14.7 Å². The predicted octanol–water partition coefficient (Wildman–Crippen LogP) is 1.53. The van der Waals surface area contributed by atoms with Gasteiger partial charge in [0.15, 0.2) is 5.78 Å². The van der Waals surface area contributed by atoms with E-state index < -0.39 is 11.4 Å². The van der Waals surface area contributed by atoms with Crippen LogP contribution in [-0.4, -0.2) is 23.5 Å². The fourth-order valence-electron chi connectivity index (χ4n) is 1.78. The minimum Gasteiger partial charge on any atom is -0.507 e. The summed E-state index contributed by atoms with van der Waals surface area (Å²) >= 11 is 0. The van der Waals surface area contributed by atoms with Crippen LogP contribution in [0.2, 0.25) is 0 Å². The molecule has 1 fully saturated rings. The average molecular weight is 220 g/mol. The second kappa shape index (κ2) is 3.63. The lowest BCUT2D eigenvalue weighted by atomic mass is 9.81. The van der Waals surface area contributed by atoms with Gasteiger partial charge in [-0.05, 0) is 19.1 Å². The fourth-order valence-corrected chi connectivity index (χ4v) is 1.78. The minimum absolute atomic E-state index is 0.103. The molecule has 1 aromatic rings. The van der Waals surface area contributed by atoms with Gasteiger partial charge in [0.05, 0.1) is 12.2 Å². The largest absolute Gasteiger partial charge is 0.507 e. The van der Waals surface area contributed by atoms with Crippen LogP contribution in [0.15, 0.2) is 24.3 Å². The SMILES string of the molecule is CC1(C(=O)c2ccccc2O)CCOC1=O. The van der Waals surface area contributed by atoms with E-state index in [1.54, 1.807) is 19.1 Å². The van der Waals surface area contributed by atoms with Crippen LogP contribution in [0.4, 0.5) is 0 Å². The Morgan fingerprint density at radius 2 is 2.12 bits per heavy atom. The zero-order valence-corrected chi connectivity index (χ0v) is 8.90. The first kappa shape index (κ1) is 10.7. The van der Waals surface area contributed by atoms with Crippen LogP contribution in [0.3, 0.4) is 0 Å². The zero-order valence-electron chi connectivity index (χ0n) is 8.90. The first-order valence-electron chi connectivity index (χ1n) is 5.06. The van der Waals surface area contributed by atoms with Gasteiger partial charge in [0.1, 0.15) is 11.2 Å². The quantitative estimate of drug-likeness (QED) is 0.466. The van der Waals surface area contributed by atoms with Crippen molar-refractivity contribution in [1.29, 1.82) is 0 Å². The third-order valence-electron chi connectivity index (χ3n) is 2.94. The standard InChI is InChI=1S/C12H12O4/c1-12(6-7-16-11(12)15)10(14)8-4-2-3-5-9(8)13/h2-5,13H,6-7H2,1H3. The molecule has 0 saturated carbocycles. The smallest absolute Gasteiger partial charge is 0.319 e. The summed E-state index contributed by atoms with van der Waals surface area (Å²) < 4.78 is 4.81. The summed E-state index contributed by atoms with van der Waals surface area (Å²) in [5, 5.41) is 9.57. The first-order valence-corrected chi connectivity index (χ1v) is 5.06. The van der Waals surface area contributed by atoms with Gasteiger partial charge in [-0.3, -0.25) is 9.59 Å². The van der Waals surface area contributed by atoms with Crippen LogP contribution < -0.4 is 0 Å². The van der Waals surface area contributed by atoms with Crippen molar-refractivity contribution in [3.63, 3.8) is 0 Å². The molecule has 0 aromatic heterocycles. The van der Waals surface area contributed by atoms with E-state index in [1.165, 1.54) is 12.1 Å². The Bertz CT molecular complexity index is 452. The summed E-state index contributed by atoms with van der Waals surface area (Å²) in [5.41, 5.74) is -0.984. The molecular formula is C12H12O4. The number of benzene rings is 1. The van der Waals surface area contributed by atoms with E-state index in [0.717, 1.165) is 0 Å². The molecule has 1 aromatic carbocycles. The summed E-state index contributed by atoms with van der Waals surface area (Å²) in [6.45, 7) is 1.81. The van der Waals surface area contributed by atoms with E-state index in [1.807, 2.05) is 0 Å². The number of hydrogen-bond acceptors (Lipinski definition) is 4. The van der Waals surface area contributed by atoms with Crippen LogP contribution in [-0.2, 0) is 9.53 Å². The number of ketones is 1. The van der Waals surface area contributed by atoms with Crippen molar-refractivity contribution in [3.8, 4) is 5.75 Å². The Balaban J connectivity index is 2.40. The third-order valence-corrected chi connectivity index (χ3v) is 2.94. The molecule has 1 atom stereocenters. The molecule has 1 aliphatic rings. The van der Waals surface area contributed by atoms with Crippen LogP contribution >= 0.6 is 0 Å². The molecular weight excluding hydrogens is 208 g/mol. The van der Waals surface area contributed by atoms with Crippen LogP contribution in [0, 0.1) is 5.41 Å². The first-order chi connectivity index (χ1) is 7.55. The summed E-state index contributed by atoms with van der Waals surface area (Å²) in [7, 11) is 0. The topological polar surface area (TPSA) is 63.6 Å². The summed E-state index contributed by atoms with van der Waals surface area (Å²) in [6.07, 6.45) is 0.360. The van der Waals surface area contributed by atoms with Gasteiger partial charge in [-0.1, -0.05) is 12.1 Å². The highest BCUT2D eigenvalue weighted by atomic mass is 16.5. The third kappa shape index (κ3) is 1.46. The zero-order chi connectivity index (χ0) is 11.8. The van der Waals surface area contributed by atoms with Gasteiger partial charge in [-0.25, -0.2) is 0 Å². The number of hydrogen-bond donors (Lipinski definition) is 1. The van der Waals surface area contributed by atoms with Crippen LogP contribution in [0.25, 0.3) is 0 Å². The highest BCUT2D eigenvalue weighted by molar-refractivity contribution is 6.14. The van der Waals surface area contributed by atoms with Gasteiger partial charge in [-0.15, -0.1) is 0 Å². The van der Waals surface area contributed by atoms with Crippen molar-refractivity contribution in [2.45, 2.75) is 13.3 Å². The average Bonchev–Trinajstić information content (AvgIpc) is 2.60. The summed E-state index contributed by atoms with van der Waals surface area (Å²) in [6, 6.07) is 6.21. The van der Waals surface area contributed by atoms with Crippen LogP contribution in [0.5, 0.6) is 5.75 Å². The van der Waals surface area contributed by atoms with E-state index in [2.05, 4.69) is 0 Å². The molecule has 0 amide bonds. The number of esters is 1. The van der Waals surface area contributed by atoms with E-state index in [0.29, 0.717) is 6.42 Å². The molecule has 1 saturated heterocycles. The normalized spacial score (nSPS) is 24.2. The van der Waals surface area contributed by atoms with Crippen molar-refractivity contribution in [2.75, 3.05) is 6.61 Å². The maximum Gasteiger partial charge on any atom is 0.319 e. The monoisotopic (exact) mass is 220 g/mol. The molecule has 4 heteroatoms. The maximum atomic E-state index is 12.1. The van der Waals surface area contributed by atoms with Crippen molar-refractivity contribution in [3.05, 3.63) is 29.8 Å². The molecule has 2 rings (SSSR count). The fraction of sp³-hybridized carbons (Fsp3) is 0.333. The molecule has 1 heterocycles. The van der Waals surface area contributed by atoms with Crippen molar-refractivity contribution in [1.82, 2.24) is 0 Å². The van der Waals surface area contributed by atoms with Crippen molar-refractivity contribution in [2.24, 2.45) is 5.41 Å². The lowest BCUT2D eigenvalue weighted by molar-refractivity contribution is -0.143. The van der Waals surface area contributed by atoms with Gasteiger partial charge in [0.2, 0.25) is 0 Å². The number of cyclic esters (lactones) is 1. The molecule has 0 aliphatic carbocycles. The second-order valence-electron chi connectivity index (χ2n) is 4.06.